The summed E-state index contributed by atoms with van der Waals surface area (Å²) in [5.74, 6) is -2.78. The van der Waals surface area contributed by atoms with Crippen LogP contribution in [0.25, 0.3) is 0 Å². The first-order valence-corrected chi connectivity index (χ1v) is 7.57. The van der Waals surface area contributed by atoms with Gasteiger partial charge in [0.05, 0.1) is 17.8 Å². The highest BCUT2D eigenvalue weighted by molar-refractivity contribution is 5.89. The predicted octanol–water partition coefficient (Wildman–Crippen LogP) is 3.26. The maximum Gasteiger partial charge on any atom is 0.387 e. The number of carbonyl (C=O) groups excluding carboxylic acids is 1. The summed E-state index contributed by atoms with van der Waals surface area (Å²) in [5, 5.41) is 4.85. The Hall–Kier alpha value is -2.03. The van der Waals surface area contributed by atoms with Crippen molar-refractivity contribution >= 4 is 11.7 Å². The van der Waals surface area contributed by atoms with Crippen molar-refractivity contribution in [1.82, 2.24) is 5.32 Å². The average molecular weight is 348 g/mol. The minimum absolute atomic E-state index is 0.0563. The molecular weight excluding hydrogens is 332 g/mol. The Kier molecular flexibility index (Phi) is 4.79. The molecule has 1 saturated heterocycles. The van der Waals surface area contributed by atoms with Crippen molar-refractivity contribution in [1.29, 1.82) is 0 Å². The van der Waals surface area contributed by atoms with Gasteiger partial charge in [-0.15, -0.1) is 0 Å². The lowest BCUT2D eigenvalue weighted by atomic mass is 10.1. The number of benzene rings is 1. The van der Waals surface area contributed by atoms with Gasteiger partial charge in [0.1, 0.15) is 0 Å². The molecule has 5 nitrogen and oxygen atoms in total. The fourth-order valence-corrected chi connectivity index (χ4v) is 2.79. The number of ether oxygens (including phenoxy) is 2. The molecule has 1 saturated carbocycles. The van der Waals surface area contributed by atoms with E-state index in [4.69, 9.17) is 4.74 Å². The molecule has 0 radical (unpaired) electrons. The molecule has 132 valence electrons. The highest BCUT2D eigenvalue weighted by Crippen LogP contribution is 2.38. The van der Waals surface area contributed by atoms with Crippen LogP contribution < -0.4 is 15.4 Å². The number of nitrogens with one attached hydrogen (secondary N) is 2. The molecule has 2 aliphatic rings. The summed E-state index contributed by atoms with van der Waals surface area (Å²) in [5.41, 5.74) is -0.464. The van der Waals surface area contributed by atoms with Gasteiger partial charge in [-0.3, -0.25) is 0 Å². The Morgan fingerprint density at radius 3 is 2.62 bits per heavy atom. The molecule has 2 fully saturated rings. The first-order valence-electron chi connectivity index (χ1n) is 7.57. The van der Waals surface area contributed by atoms with Gasteiger partial charge in [-0.05, 0) is 25.2 Å². The van der Waals surface area contributed by atoms with E-state index in [-0.39, 0.29) is 12.1 Å². The van der Waals surface area contributed by atoms with Crippen LogP contribution in [-0.2, 0) is 4.74 Å². The number of amides is 2. The molecule has 2 N–H and O–H groups in total. The molecule has 0 bridgehead atoms. The van der Waals surface area contributed by atoms with Crippen LogP contribution in [0.15, 0.2) is 12.1 Å². The quantitative estimate of drug-likeness (QED) is 0.803. The van der Waals surface area contributed by atoms with Crippen LogP contribution in [0.2, 0.25) is 0 Å². The standard InChI is InChI=1S/C15H16F4N2O3/c16-8-6-12(24-14(18)19)9(17)5-11(8)21-15(22)20-10-3-4-23-13(10)7-1-2-7/h5-7,10,13-14H,1-4H2,(H2,20,21,22)/t10-,13-/m0/s1. The topological polar surface area (TPSA) is 59.6 Å². The van der Waals surface area contributed by atoms with Crippen molar-refractivity contribution in [2.75, 3.05) is 11.9 Å². The second-order valence-electron chi connectivity index (χ2n) is 5.81. The minimum atomic E-state index is -3.28. The first-order chi connectivity index (χ1) is 11.4. The number of urea groups is 1. The molecule has 1 aliphatic heterocycles. The Balaban J connectivity index is 1.62. The van der Waals surface area contributed by atoms with E-state index in [1.165, 1.54) is 0 Å². The fraction of sp³-hybridized carbons (Fsp3) is 0.533. The summed E-state index contributed by atoms with van der Waals surface area (Å²) in [4.78, 5) is 12.0. The zero-order valence-electron chi connectivity index (χ0n) is 12.5. The lowest BCUT2D eigenvalue weighted by Gasteiger charge is -2.20. The van der Waals surface area contributed by atoms with E-state index in [1.54, 1.807) is 0 Å². The van der Waals surface area contributed by atoms with Gasteiger partial charge in [-0.2, -0.15) is 8.78 Å². The summed E-state index contributed by atoms with van der Waals surface area (Å²) in [7, 11) is 0. The van der Waals surface area contributed by atoms with E-state index in [0.29, 0.717) is 31.1 Å². The van der Waals surface area contributed by atoms with E-state index < -0.39 is 35.7 Å². The zero-order chi connectivity index (χ0) is 17.3. The van der Waals surface area contributed by atoms with Crippen molar-refractivity contribution in [3.05, 3.63) is 23.8 Å². The van der Waals surface area contributed by atoms with Crippen LogP contribution in [0.4, 0.5) is 28.0 Å². The second kappa shape index (κ2) is 6.84. The number of hydrogen-bond donors (Lipinski definition) is 2. The van der Waals surface area contributed by atoms with Crippen molar-refractivity contribution < 1.29 is 31.8 Å². The largest absolute Gasteiger partial charge is 0.432 e. The lowest BCUT2D eigenvalue weighted by Crippen LogP contribution is -2.43. The number of rotatable bonds is 5. The van der Waals surface area contributed by atoms with E-state index in [1.807, 2.05) is 0 Å². The van der Waals surface area contributed by atoms with Gasteiger partial charge in [0.2, 0.25) is 0 Å². The highest BCUT2D eigenvalue weighted by atomic mass is 19.3. The molecule has 0 spiro atoms. The van der Waals surface area contributed by atoms with E-state index in [0.717, 1.165) is 12.8 Å². The minimum Gasteiger partial charge on any atom is -0.432 e. The first kappa shape index (κ1) is 16.8. The molecule has 0 unspecified atom stereocenters. The van der Waals surface area contributed by atoms with Crippen LogP contribution in [0.5, 0.6) is 5.75 Å². The van der Waals surface area contributed by atoms with E-state index in [2.05, 4.69) is 15.4 Å². The third-order valence-corrected chi connectivity index (χ3v) is 4.02. The Labute approximate surface area is 135 Å². The maximum atomic E-state index is 13.8. The number of anilines is 1. The van der Waals surface area contributed by atoms with Crippen molar-refractivity contribution in [2.24, 2.45) is 5.92 Å². The summed E-state index contributed by atoms with van der Waals surface area (Å²) in [6.07, 6.45) is 2.69. The van der Waals surface area contributed by atoms with Gasteiger partial charge in [0.25, 0.3) is 0 Å². The summed E-state index contributed by atoms with van der Waals surface area (Å²) in [6, 6.07) is 0.155. The number of hydrogen-bond acceptors (Lipinski definition) is 3. The molecule has 1 aromatic carbocycles. The van der Waals surface area contributed by atoms with Crippen LogP contribution in [0.1, 0.15) is 19.3 Å². The monoisotopic (exact) mass is 348 g/mol. The molecule has 1 heterocycles. The predicted molar refractivity (Wildman–Crippen MR) is 76.0 cm³/mol. The van der Waals surface area contributed by atoms with Crippen LogP contribution in [0.3, 0.4) is 0 Å². The van der Waals surface area contributed by atoms with Crippen LogP contribution >= 0.6 is 0 Å². The van der Waals surface area contributed by atoms with Gasteiger partial charge in [-0.1, -0.05) is 0 Å². The van der Waals surface area contributed by atoms with Gasteiger partial charge in [-0.25, -0.2) is 13.6 Å². The number of halogens is 4. The smallest absolute Gasteiger partial charge is 0.387 e. The number of carbonyl (C=O) groups is 1. The second-order valence-corrected chi connectivity index (χ2v) is 5.81. The Bertz CT molecular complexity index is 625. The summed E-state index contributed by atoms with van der Waals surface area (Å²) in [6.45, 7) is -2.74. The van der Waals surface area contributed by atoms with Gasteiger partial charge < -0.3 is 20.1 Å². The van der Waals surface area contributed by atoms with Crippen molar-refractivity contribution in [3.8, 4) is 5.75 Å². The molecule has 24 heavy (non-hydrogen) atoms. The fourth-order valence-electron chi connectivity index (χ4n) is 2.79. The Morgan fingerprint density at radius 2 is 1.96 bits per heavy atom. The van der Waals surface area contributed by atoms with Crippen molar-refractivity contribution in [2.45, 2.75) is 38.0 Å². The normalized spacial score (nSPS) is 23.4. The molecular formula is C15H16F4N2O3. The van der Waals surface area contributed by atoms with Crippen LogP contribution in [0, 0.1) is 17.6 Å². The Morgan fingerprint density at radius 1 is 1.21 bits per heavy atom. The van der Waals surface area contributed by atoms with Gasteiger partial charge in [0, 0.05) is 18.7 Å². The summed E-state index contributed by atoms with van der Waals surface area (Å²) >= 11 is 0. The molecule has 9 heteroatoms. The lowest BCUT2D eigenvalue weighted by molar-refractivity contribution is -0.0523. The third kappa shape index (κ3) is 3.89. The molecule has 2 atom stereocenters. The molecule has 0 aromatic heterocycles. The van der Waals surface area contributed by atoms with Crippen LogP contribution in [-0.4, -0.2) is 31.4 Å². The highest BCUT2D eigenvalue weighted by Gasteiger charge is 2.41. The average Bonchev–Trinajstić information content (AvgIpc) is 3.24. The zero-order valence-corrected chi connectivity index (χ0v) is 12.5. The summed E-state index contributed by atoms with van der Waals surface area (Å²) < 4.78 is 61.0. The van der Waals surface area contributed by atoms with E-state index >= 15 is 0 Å². The number of alkyl halides is 2. The molecule has 2 amide bonds. The van der Waals surface area contributed by atoms with E-state index in [9.17, 15) is 22.4 Å². The van der Waals surface area contributed by atoms with Crippen molar-refractivity contribution in [3.63, 3.8) is 0 Å². The molecule has 3 rings (SSSR count). The third-order valence-electron chi connectivity index (χ3n) is 4.02. The van der Waals surface area contributed by atoms with Gasteiger partial charge >= 0.3 is 12.6 Å². The SMILES string of the molecule is O=C(Nc1cc(F)c(OC(F)F)cc1F)N[C@H]1CCO[C@H]1C1CC1. The maximum absolute atomic E-state index is 13.8. The van der Waals surface area contributed by atoms with Gasteiger partial charge in [0.15, 0.2) is 17.4 Å². The molecule has 1 aliphatic carbocycles. The molecule has 1 aromatic rings.